The highest BCUT2D eigenvalue weighted by Gasteiger charge is 2.04. The van der Waals surface area contributed by atoms with E-state index in [1.54, 1.807) is 12.9 Å². The second-order valence-electron chi connectivity index (χ2n) is 1.66. The van der Waals surface area contributed by atoms with Gasteiger partial charge in [0.15, 0.2) is 32.7 Å². The molecule has 0 aromatic heterocycles. The van der Waals surface area contributed by atoms with Crippen molar-refractivity contribution in [3.63, 3.8) is 0 Å². The van der Waals surface area contributed by atoms with E-state index < -0.39 is 32.7 Å². The van der Waals surface area contributed by atoms with Crippen LogP contribution in [0.2, 0.25) is 0 Å². The fraction of sp³-hybridized carbons (Fsp3) is 0. The van der Waals surface area contributed by atoms with Crippen molar-refractivity contribution >= 4 is 32.7 Å². The maximum Gasteiger partial charge on any atom is 0.191 e. The Morgan fingerprint density at radius 2 is 1.20 bits per heavy atom. The SMILES string of the molecule is O=S(=O)(/N=C(\[O-])F)[N-]S(=O)(=O)/N=C(\[O-])F. The lowest BCUT2D eigenvalue weighted by molar-refractivity contribution is -0.233. The zero-order valence-electron chi connectivity index (χ0n) is 6.36. The molecule has 0 unspecified atom stereocenters. The van der Waals surface area contributed by atoms with Crippen LogP contribution in [0.5, 0.6) is 0 Å². The molecular formula is C2F2N3O6S2-3. The van der Waals surface area contributed by atoms with Crippen LogP contribution in [0.3, 0.4) is 0 Å². The summed E-state index contributed by atoms with van der Waals surface area (Å²) in [7, 11) is -10.7. The van der Waals surface area contributed by atoms with Crippen molar-refractivity contribution in [2.45, 2.75) is 0 Å². The number of nitrogens with zero attached hydrogens (tertiary/aromatic N) is 3. The average molecular weight is 264 g/mol. The van der Waals surface area contributed by atoms with E-state index in [0.29, 0.717) is 0 Å². The van der Waals surface area contributed by atoms with E-state index in [1.807, 2.05) is 0 Å². The van der Waals surface area contributed by atoms with Crippen LogP contribution in [0.25, 0.3) is 4.13 Å². The first kappa shape index (κ1) is 13.7. The molecular weight excluding hydrogens is 264 g/mol. The van der Waals surface area contributed by atoms with Crippen molar-refractivity contribution < 1.29 is 35.8 Å². The van der Waals surface area contributed by atoms with Gasteiger partial charge < -0.3 is 14.3 Å². The highest BCUT2D eigenvalue weighted by molar-refractivity contribution is 8.11. The van der Waals surface area contributed by atoms with Gasteiger partial charge in [0.1, 0.15) is 0 Å². The summed E-state index contributed by atoms with van der Waals surface area (Å²) in [4.78, 5) is 0. The summed E-state index contributed by atoms with van der Waals surface area (Å²) in [6, 6.07) is 0. The summed E-state index contributed by atoms with van der Waals surface area (Å²) in [5.74, 6) is 0. The molecule has 0 spiro atoms. The fourth-order valence-electron chi connectivity index (χ4n) is 0.334. The smallest absolute Gasteiger partial charge is 0.191 e. The van der Waals surface area contributed by atoms with E-state index in [2.05, 4.69) is 0 Å². The predicted octanol–water partition coefficient (Wildman–Crippen LogP) is -2.78. The molecule has 0 rings (SSSR count). The molecule has 0 atom stereocenters. The third kappa shape index (κ3) is 6.69. The maximum absolute atomic E-state index is 11.4. The molecule has 88 valence electrons. The van der Waals surface area contributed by atoms with Crippen molar-refractivity contribution in [3.05, 3.63) is 4.13 Å². The van der Waals surface area contributed by atoms with Gasteiger partial charge in [-0.25, -0.2) is 25.6 Å². The van der Waals surface area contributed by atoms with Crippen LogP contribution >= 0.6 is 0 Å². The van der Waals surface area contributed by atoms with Crippen molar-refractivity contribution in [3.8, 4) is 0 Å². The van der Waals surface area contributed by atoms with Gasteiger partial charge in [-0.15, -0.1) is 0 Å². The van der Waals surface area contributed by atoms with Crippen molar-refractivity contribution in [2.75, 3.05) is 0 Å². The van der Waals surface area contributed by atoms with E-state index in [1.165, 1.54) is 0 Å². The summed E-state index contributed by atoms with van der Waals surface area (Å²) >= 11 is 0. The van der Waals surface area contributed by atoms with E-state index >= 15 is 0 Å². The van der Waals surface area contributed by atoms with E-state index in [9.17, 15) is 35.8 Å². The van der Waals surface area contributed by atoms with E-state index in [0.717, 1.165) is 0 Å². The van der Waals surface area contributed by atoms with Gasteiger partial charge in [-0.05, 0) is 0 Å². The minimum atomic E-state index is -5.36. The van der Waals surface area contributed by atoms with Crippen LogP contribution in [0, 0.1) is 0 Å². The summed E-state index contributed by atoms with van der Waals surface area (Å²) in [5.41, 5.74) is 0. The zero-order valence-corrected chi connectivity index (χ0v) is 8.00. The van der Waals surface area contributed by atoms with Crippen LogP contribution in [0.1, 0.15) is 0 Å². The minimum absolute atomic E-state index is 1.63. The number of halogens is 2. The molecule has 0 bridgehead atoms. The highest BCUT2D eigenvalue weighted by atomic mass is 32.3. The Hall–Kier alpha value is -1.34. The van der Waals surface area contributed by atoms with Crippen molar-refractivity contribution in [2.24, 2.45) is 8.80 Å². The Kier molecular flexibility index (Phi) is 4.06. The number of hydrogen-bond donors (Lipinski definition) is 0. The van der Waals surface area contributed by atoms with Crippen LogP contribution < -0.4 is 10.2 Å². The van der Waals surface area contributed by atoms with Crippen LogP contribution in [0.4, 0.5) is 8.78 Å². The van der Waals surface area contributed by atoms with E-state index in [-0.39, 0.29) is 0 Å². The monoisotopic (exact) mass is 264 g/mol. The molecule has 0 aliphatic carbocycles. The highest BCUT2D eigenvalue weighted by Crippen LogP contribution is 2.13. The lowest BCUT2D eigenvalue weighted by Crippen LogP contribution is -2.16. The van der Waals surface area contributed by atoms with Gasteiger partial charge in [-0.1, -0.05) is 0 Å². The Morgan fingerprint density at radius 1 is 0.933 bits per heavy atom. The summed E-state index contributed by atoms with van der Waals surface area (Å²) in [5, 5.41) is 19.1. The molecule has 0 amide bonds. The molecule has 0 aliphatic rings. The molecule has 0 aliphatic heterocycles. The van der Waals surface area contributed by atoms with Gasteiger partial charge in [0, 0.05) is 0 Å². The van der Waals surface area contributed by atoms with Gasteiger partial charge >= 0.3 is 0 Å². The Balaban J connectivity index is 5.09. The molecule has 0 aromatic rings. The first-order chi connectivity index (χ1) is 6.54. The largest absolute Gasteiger partial charge is 0.836 e. The zero-order chi connectivity index (χ0) is 12.3. The standard InChI is InChI=1S/C2H2F2N3O6S2/c3-1(8)5-14(10,11)7-15(12,13)6-2(4)9/h(H,5,8)(H,6,9)/q-1/p-2. The van der Waals surface area contributed by atoms with Gasteiger partial charge in [-0.3, -0.25) is 0 Å². The third-order valence-electron chi connectivity index (χ3n) is 0.563. The molecule has 0 saturated carbocycles. The van der Waals surface area contributed by atoms with E-state index in [4.69, 9.17) is 0 Å². The first-order valence-electron chi connectivity index (χ1n) is 2.63. The van der Waals surface area contributed by atoms with Gasteiger partial charge in [0.2, 0.25) is 0 Å². The maximum atomic E-state index is 11.4. The third-order valence-corrected chi connectivity index (χ3v) is 2.82. The molecule has 0 fully saturated rings. The molecule has 0 saturated heterocycles. The second-order valence-corrected chi connectivity index (χ2v) is 4.41. The van der Waals surface area contributed by atoms with Crippen molar-refractivity contribution in [1.82, 2.24) is 0 Å². The molecule has 0 aromatic carbocycles. The fourth-order valence-corrected chi connectivity index (χ4v) is 1.92. The molecule has 0 radical (unpaired) electrons. The summed E-state index contributed by atoms with van der Waals surface area (Å²) < 4.78 is 69.3. The Bertz CT molecular complexity index is 436. The first-order valence-corrected chi connectivity index (χ1v) is 5.42. The quantitative estimate of drug-likeness (QED) is 0.395. The second kappa shape index (κ2) is 4.45. The average Bonchev–Trinajstić information content (AvgIpc) is 1.73. The predicted molar refractivity (Wildman–Crippen MR) is 38.3 cm³/mol. The lowest BCUT2D eigenvalue weighted by Gasteiger charge is -2.14. The lowest BCUT2D eigenvalue weighted by atomic mass is 11.5. The van der Waals surface area contributed by atoms with Crippen LogP contribution in [-0.2, 0) is 20.4 Å². The summed E-state index contributed by atoms with van der Waals surface area (Å²) in [6.07, 6.45) is -5.47. The van der Waals surface area contributed by atoms with Crippen LogP contribution in [-0.4, -0.2) is 29.1 Å². The topological polar surface area (TPSA) is 153 Å². The summed E-state index contributed by atoms with van der Waals surface area (Å²) in [6.45, 7) is 0. The minimum Gasteiger partial charge on any atom is -0.836 e. The molecule has 15 heavy (non-hydrogen) atoms. The Morgan fingerprint density at radius 3 is 1.40 bits per heavy atom. The molecule has 0 heterocycles. The molecule has 0 N–H and O–H groups in total. The molecule has 9 nitrogen and oxygen atoms in total. The van der Waals surface area contributed by atoms with Crippen molar-refractivity contribution in [1.29, 1.82) is 0 Å². The van der Waals surface area contributed by atoms with Gasteiger partial charge in [0.05, 0.1) is 0 Å². The van der Waals surface area contributed by atoms with Gasteiger partial charge in [-0.2, -0.15) is 8.80 Å². The number of rotatable bonds is 4. The van der Waals surface area contributed by atoms with Gasteiger partial charge in [0.25, 0.3) is 0 Å². The molecule has 13 heteroatoms. The van der Waals surface area contributed by atoms with Crippen LogP contribution in [0.15, 0.2) is 8.80 Å². The Labute approximate surface area is 82.2 Å². The number of hydrogen-bond acceptors (Lipinski definition) is 6. The normalized spacial score (nSPS) is 15.3.